The maximum Gasteiger partial charge on any atom is 0.394 e. The Morgan fingerprint density at radius 2 is 1.85 bits per heavy atom. The molecule has 2 atom stereocenters. The van der Waals surface area contributed by atoms with Crippen molar-refractivity contribution >= 4 is 29.2 Å². The SMILES string of the molecule is CN1C(=O)CN([C@@H]2CC[C@@H](O)C2)C(=O)c2c1nc(Oc1cccc(OC(C)(F)F)c1)n2Cc1ccc(Cl)cc1. The summed E-state index contributed by atoms with van der Waals surface area (Å²) in [6.45, 7) is 0.627. The number of amides is 2. The largest absolute Gasteiger partial charge is 0.433 e. The molecule has 1 N–H and O–H groups in total. The number of fused-ring (bicyclic) bond motifs is 1. The van der Waals surface area contributed by atoms with Crippen molar-refractivity contribution in [3.8, 4) is 17.5 Å². The third kappa shape index (κ3) is 5.84. The quantitative estimate of drug-likeness (QED) is 0.450. The summed E-state index contributed by atoms with van der Waals surface area (Å²) in [5, 5.41) is 10.6. The van der Waals surface area contributed by atoms with Crippen LogP contribution in [0.2, 0.25) is 5.02 Å². The second-order valence-corrected chi connectivity index (χ2v) is 10.2. The average molecular weight is 561 g/mol. The smallest absolute Gasteiger partial charge is 0.394 e. The van der Waals surface area contributed by atoms with Gasteiger partial charge in [-0.2, -0.15) is 13.8 Å². The summed E-state index contributed by atoms with van der Waals surface area (Å²) in [5.74, 6) is -0.617. The number of ether oxygens (including phenoxy) is 2. The Kier molecular flexibility index (Phi) is 7.21. The van der Waals surface area contributed by atoms with E-state index in [4.69, 9.17) is 16.3 Å². The van der Waals surface area contributed by atoms with Crippen LogP contribution in [0.5, 0.6) is 17.5 Å². The van der Waals surface area contributed by atoms with Crippen LogP contribution < -0.4 is 14.4 Å². The van der Waals surface area contributed by atoms with E-state index in [0.717, 1.165) is 5.56 Å². The zero-order valence-corrected chi connectivity index (χ0v) is 22.1. The summed E-state index contributed by atoms with van der Waals surface area (Å²) in [6.07, 6.45) is -2.44. The van der Waals surface area contributed by atoms with Crippen LogP contribution >= 0.6 is 11.6 Å². The lowest BCUT2D eigenvalue weighted by Crippen LogP contribution is -2.44. The molecule has 1 fully saturated rings. The van der Waals surface area contributed by atoms with E-state index in [1.807, 2.05) is 0 Å². The van der Waals surface area contributed by atoms with Crippen LogP contribution in [0, 0.1) is 0 Å². The molecule has 206 valence electrons. The monoisotopic (exact) mass is 560 g/mol. The number of benzene rings is 2. The summed E-state index contributed by atoms with van der Waals surface area (Å²) in [4.78, 5) is 34.4. The number of carbonyl (C=O) groups is 2. The van der Waals surface area contributed by atoms with E-state index in [1.165, 1.54) is 41.1 Å². The van der Waals surface area contributed by atoms with Crippen LogP contribution in [0.1, 0.15) is 42.2 Å². The summed E-state index contributed by atoms with van der Waals surface area (Å²) in [7, 11) is 1.53. The fourth-order valence-corrected chi connectivity index (χ4v) is 4.99. The molecule has 1 aromatic heterocycles. The van der Waals surface area contributed by atoms with Gasteiger partial charge in [0, 0.05) is 31.1 Å². The number of imidazole rings is 1. The van der Waals surface area contributed by atoms with Gasteiger partial charge in [0.05, 0.1) is 12.6 Å². The van der Waals surface area contributed by atoms with Crippen molar-refractivity contribution in [2.45, 2.75) is 51.0 Å². The first-order valence-electron chi connectivity index (χ1n) is 12.4. The molecule has 1 saturated carbocycles. The van der Waals surface area contributed by atoms with E-state index < -0.39 is 18.1 Å². The lowest BCUT2D eigenvalue weighted by molar-refractivity contribution is -0.159. The van der Waals surface area contributed by atoms with Crippen molar-refractivity contribution < 1.29 is 33.0 Å². The minimum Gasteiger partial charge on any atom is -0.433 e. The number of alkyl halides is 2. The Hall–Kier alpha value is -3.70. The molecular formula is C27H27ClF2N4O5. The Morgan fingerprint density at radius 3 is 2.51 bits per heavy atom. The zero-order valence-electron chi connectivity index (χ0n) is 21.3. The first-order valence-corrected chi connectivity index (χ1v) is 12.8. The predicted octanol–water partition coefficient (Wildman–Crippen LogP) is 4.70. The van der Waals surface area contributed by atoms with Gasteiger partial charge in [-0.3, -0.25) is 19.1 Å². The molecular weight excluding hydrogens is 534 g/mol. The maximum absolute atomic E-state index is 14.0. The molecule has 2 amide bonds. The molecule has 0 radical (unpaired) electrons. The van der Waals surface area contributed by atoms with Crippen molar-refractivity contribution in [3.05, 3.63) is 64.8 Å². The number of halogens is 3. The number of nitrogens with zero attached hydrogens (tertiary/aromatic N) is 4. The lowest BCUT2D eigenvalue weighted by atomic mass is 10.2. The first kappa shape index (κ1) is 26.9. The molecule has 3 aromatic rings. The third-order valence-electron chi connectivity index (χ3n) is 6.76. The lowest BCUT2D eigenvalue weighted by Gasteiger charge is -2.27. The Morgan fingerprint density at radius 1 is 1.13 bits per heavy atom. The molecule has 0 saturated heterocycles. The number of likely N-dealkylation sites (N-methyl/N-ethyl adjacent to an activating group) is 1. The van der Waals surface area contributed by atoms with E-state index in [0.29, 0.717) is 31.2 Å². The van der Waals surface area contributed by atoms with Crippen LogP contribution in [0.25, 0.3) is 0 Å². The molecule has 0 bridgehead atoms. The normalized spacial score (nSPS) is 19.7. The number of hydrogen-bond donors (Lipinski definition) is 1. The van der Waals surface area contributed by atoms with Gasteiger partial charge < -0.3 is 19.5 Å². The summed E-state index contributed by atoms with van der Waals surface area (Å²) < 4.78 is 39.1. The minimum absolute atomic E-state index is 0.0170. The van der Waals surface area contributed by atoms with Crippen LogP contribution in [0.15, 0.2) is 48.5 Å². The van der Waals surface area contributed by atoms with Gasteiger partial charge in [0.15, 0.2) is 11.5 Å². The summed E-state index contributed by atoms with van der Waals surface area (Å²) in [6, 6.07) is 12.4. The number of carbonyl (C=O) groups excluding carboxylic acids is 2. The van der Waals surface area contributed by atoms with Crippen LogP contribution in [0.4, 0.5) is 14.6 Å². The summed E-state index contributed by atoms with van der Waals surface area (Å²) in [5.41, 5.74) is 0.920. The average Bonchev–Trinajstić information content (AvgIpc) is 3.43. The Balaban J connectivity index is 1.58. The highest BCUT2D eigenvalue weighted by molar-refractivity contribution is 6.30. The molecule has 39 heavy (non-hydrogen) atoms. The molecule has 1 aliphatic heterocycles. The van der Waals surface area contributed by atoms with Crippen molar-refractivity contribution in [3.63, 3.8) is 0 Å². The fourth-order valence-electron chi connectivity index (χ4n) is 4.87. The molecule has 5 rings (SSSR count). The molecule has 9 nitrogen and oxygen atoms in total. The molecule has 12 heteroatoms. The first-order chi connectivity index (χ1) is 18.5. The highest BCUT2D eigenvalue weighted by Crippen LogP contribution is 2.36. The standard InChI is InChI=1S/C27H27ClF2N4O5/c1-27(29,30)39-21-5-3-4-20(13-21)38-26-31-24-23(34(26)14-16-6-8-17(28)9-7-16)25(37)33(15-22(36)32(24)2)18-10-11-19(35)12-18/h3-9,13,18-19,35H,10-12,14-15H2,1-2H3/t18-,19-/m1/s1. The maximum atomic E-state index is 14.0. The minimum atomic E-state index is -3.39. The molecule has 2 aliphatic rings. The highest BCUT2D eigenvalue weighted by Gasteiger charge is 2.41. The van der Waals surface area contributed by atoms with E-state index >= 15 is 0 Å². The molecule has 0 spiro atoms. The summed E-state index contributed by atoms with van der Waals surface area (Å²) >= 11 is 6.06. The molecule has 2 aromatic carbocycles. The van der Waals surface area contributed by atoms with E-state index in [1.54, 1.807) is 28.8 Å². The van der Waals surface area contributed by atoms with Crippen LogP contribution in [0.3, 0.4) is 0 Å². The van der Waals surface area contributed by atoms with Crippen LogP contribution in [-0.4, -0.2) is 63.2 Å². The predicted molar refractivity (Wildman–Crippen MR) is 139 cm³/mol. The fraction of sp³-hybridized carbons (Fsp3) is 0.370. The molecule has 1 aliphatic carbocycles. The van der Waals surface area contributed by atoms with Gasteiger partial charge in [-0.15, -0.1) is 0 Å². The van der Waals surface area contributed by atoms with Gasteiger partial charge in [0.1, 0.15) is 18.0 Å². The van der Waals surface area contributed by atoms with Gasteiger partial charge in [-0.05, 0) is 49.1 Å². The molecule has 2 heterocycles. The van der Waals surface area contributed by atoms with Gasteiger partial charge in [0.2, 0.25) is 5.91 Å². The number of aliphatic hydroxyl groups excluding tert-OH is 1. The zero-order chi connectivity index (χ0) is 27.9. The van der Waals surface area contributed by atoms with Gasteiger partial charge in [-0.25, -0.2) is 0 Å². The number of aromatic nitrogens is 2. The topological polar surface area (TPSA) is 97.1 Å². The van der Waals surface area contributed by atoms with Gasteiger partial charge in [-0.1, -0.05) is 29.8 Å². The number of rotatable bonds is 7. The second-order valence-electron chi connectivity index (χ2n) is 9.77. The van der Waals surface area contributed by atoms with Crippen LogP contribution in [-0.2, 0) is 11.3 Å². The van der Waals surface area contributed by atoms with E-state index in [2.05, 4.69) is 9.72 Å². The van der Waals surface area contributed by atoms with E-state index in [-0.39, 0.29) is 54.1 Å². The van der Waals surface area contributed by atoms with Crippen molar-refractivity contribution in [1.29, 1.82) is 0 Å². The second kappa shape index (κ2) is 10.5. The van der Waals surface area contributed by atoms with Crippen molar-refractivity contribution in [1.82, 2.24) is 14.5 Å². The third-order valence-corrected chi connectivity index (χ3v) is 7.01. The highest BCUT2D eigenvalue weighted by atomic mass is 35.5. The number of aliphatic hydroxyl groups is 1. The van der Waals surface area contributed by atoms with Gasteiger partial charge in [0.25, 0.3) is 5.91 Å². The Bertz CT molecular complexity index is 1390. The molecule has 0 unspecified atom stereocenters. The number of anilines is 1. The van der Waals surface area contributed by atoms with E-state index in [9.17, 15) is 23.5 Å². The van der Waals surface area contributed by atoms with Gasteiger partial charge >= 0.3 is 12.1 Å². The number of hydrogen-bond acceptors (Lipinski definition) is 6. The van der Waals surface area contributed by atoms with Crippen molar-refractivity contribution in [2.75, 3.05) is 18.5 Å². The van der Waals surface area contributed by atoms with Crippen molar-refractivity contribution in [2.24, 2.45) is 0 Å². The Labute approximate surface area is 228 Å².